The highest BCUT2D eigenvalue weighted by atomic mass is 35.5. The van der Waals surface area contributed by atoms with Crippen LogP contribution >= 0.6 is 11.6 Å². The van der Waals surface area contributed by atoms with Gasteiger partial charge in [-0.05, 0) is 115 Å². The molecule has 0 amide bonds. The second kappa shape index (κ2) is 28.9. The maximum Gasteiger partial charge on any atom is 0.164 e. The number of halogens is 1. The summed E-state index contributed by atoms with van der Waals surface area (Å²) in [6.45, 7) is 0. The molecule has 0 aliphatic rings. The lowest BCUT2D eigenvalue weighted by Gasteiger charge is -2.11. The molecule has 0 aliphatic heterocycles. The first-order chi connectivity index (χ1) is 52.9. The van der Waals surface area contributed by atoms with Crippen LogP contribution in [-0.2, 0) is 0 Å². The van der Waals surface area contributed by atoms with E-state index in [0.717, 1.165) is 66.9 Å². The molecule has 20 aromatic rings. The summed E-state index contributed by atoms with van der Waals surface area (Å²) >= 11 is 6.10. The van der Waals surface area contributed by atoms with Gasteiger partial charge in [-0.15, -0.1) is 0 Å². The third-order valence-electron chi connectivity index (χ3n) is 19.4. The average molecular weight is 1390 g/mol. The number of hydrogen-bond donors (Lipinski definition) is 1. The number of hydrogen-bond acceptors (Lipinski definition) is 8. The second-order valence-electron chi connectivity index (χ2n) is 26.1. The van der Waals surface area contributed by atoms with Crippen LogP contribution in [0.2, 0.25) is 5.15 Å². The fraction of sp³-hybridized carbons (Fsp3) is 0. The second-order valence-corrected chi connectivity index (χ2v) is 26.5. The van der Waals surface area contributed by atoms with Gasteiger partial charge in [-0.2, -0.15) is 0 Å². The molecule has 10 nitrogen and oxygen atoms in total. The largest absolute Gasteiger partial charge is 0.354 e. The number of fused-ring (bicyclic) bond motifs is 10. The van der Waals surface area contributed by atoms with Crippen LogP contribution in [0.4, 0.5) is 0 Å². The predicted molar refractivity (Wildman–Crippen MR) is 440 cm³/mol. The van der Waals surface area contributed by atoms with Gasteiger partial charge in [0.2, 0.25) is 0 Å². The topological polar surface area (TPSA) is 124 Å². The Kier molecular flexibility index (Phi) is 17.5. The van der Waals surface area contributed by atoms with Crippen LogP contribution in [0.25, 0.3) is 184 Å². The van der Waals surface area contributed by atoms with Gasteiger partial charge < -0.3 is 4.98 Å². The molecule has 107 heavy (non-hydrogen) atoms. The van der Waals surface area contributed by atoms with E-state index in [0.29, 0.717) is 40.1 Å². The van der Waals surface area contributed by atoms with Gasteiger partial charge in [-0.25, -0.2) is 39.9 Å². The lowest BCUT2D eigenvalue weighted by Crippen LogP contribution is -2.02. The first-order valence-corrected chi connectivity index (χ1v) is 35.8. The van der Waals surface area contributed by atoms with Gasteiger partial charge in [0, 0.05) is 78.4 Å². The maximum absolute atomic E-state index is 6.10. The van der Waals surface area contributed by atoms with Crippen molar-refractivity contribution in [1.29, 1.82) is 0 Å². The highest BCUT2D eigenvalue weighted by molar-refractivity contribution is 6.29. The summed E-state index contributed by atoms with van der Waals surface area (Å²) in [5.74, 6) is 4.38. The molecule has 0 spiro atoms. The summed E-state index contributed by atoms with van der Waals surface area (Å²) in [4.78, 5) is 41.9. The zero-order valence-electron chi connectivity index (χ0n) is 57.7. The molecule has 6 heterocycles. The van der Waals surface area contributed by atoms with Crippen LogP contribution in [-0.4, -0.2) is 49.4 Å². The Hall–Kier alpha value is -14.2. The average Bonchev–Trinajstić information content (AvgIpc) is 1.58. The minimum atomic E-state index is 0.396. The lowest BCUT2D eigenvalue weighted by atomic mass is 10.0. The van der Waals surface area contributed by atoms with Crippen molar-refractivity contribution < 1.29 is 0 Å². The van der Waals surface area contributed by atoms with Crippen molar-refractivity contribution >= 4 is 76.8 Å². The fourth-order valence-electron chi connectivity index (χ4n) is 14.1. The molecule has 11 heteroatoms. The number of benzene rings is 14. The van der Waals surface area contributed by atoms with Crippen LogP contribution < -0.4 is 0 Å². The maximum atomic E-state index is 6.10. The molecule has 0 unspecified atom stereocenters. The first-order valence-electron chi connectivity index (χ1n) is 35.5. The summed E-state index contributed by atoms with van der Waals surface area (Å²) in [6.07, 6.45) is 3.50. The van der Waals surface area contributed by atoms with Crippen molar-refractivity contribution in [3.63, 3.8) is 0 Å². The highest BCUT2D eigenvalue weighted by Crippen LogP contribution is 2.41. The summed E-state index contributed by atoms with van der Waals surface area (Å²) in [7, 11) is 0. The Morgan fingerprint density at radius 1 is 0.224 bits per heavy atom. The van der Waals surface area contributed by atoms with E-state index in [1.54, 1.807) is 12.3 Å². The van der Waals surface area contributed by atoms with Crippen LogP contribution in [0.15, 0.2) is 376 Å². The number of nitrogens with one attached hydrogen (secondary N) is 1. The van der Waals surface area contributed by atoms with Gasteiger partial charge in [0.25, 0.3) is 0 Å². The van der Waals surface area contributed by atoms with Crippen molar-refractivity contribution in [2.45, 2.75) is 0 Å². The predicted octanol–water partition coefficient (Wildman–Crippen LogP) is 24.6. The van der Waals surface area contributed by atoms with Crippen LogP contribution in [0.3, 0.4) is 0 Å². The Balaban J connectivity index is 0.000000126. The summed E-state index contributed by atoms with van der Waals surface area (Å²) in [5.41, 5.74) is 19.3. The number of nitrogens with zero attached hydrogens (tertiary/aromatic N) is 9. The molecule has 6 aromatic heterocycles. The summed E-state index contributed by atoms with van der Waals surface area (Å²) < 4.78 is 2.27. The van der Waals surface area contributed by atoms with Crippen molar-refractivity contribution in [3.05, 3.63) is 382 Å². The summed E-state index contributed by atoms with van der Waals surface area (Å²) in [5, 5.41) is 10.4. The Morgan fingerprint density at radius 2 is 0.579 bits per heavy atom. The van der Waals surface area contributed by atoms with Crippen LogP contribution in [0.5, 0.6) is 0 Å². The van der Waals surface area contributed by atoms with E-state index in [1.165, 1.54) is 81.9 Å². The minimum Gasteiger partial charge on any atom is -0.354 e. The van der Waals surface area contributed by atoms with Gasteiger partial charge in [-0.3, -0.25) is 4.57 Å². The molecule has 0 fully saturated rings. The van der Waals surface area contributed by atoms with E-state index >= 15 is 0 Å². The van der Waals surface area contributed by atoms with Gasteiger partial charge in [0.15, 0.2) is 34.9 Å². The van der Waals surface area contributed by atoms with E-state index in [9.17, 15) is 0 Å². The number of aromatic nitrogens is 10. The minimum absolute atomic E-state index is 0.396. The van der Waals surface area contributed by atoms with Crippen molar-refractivity contribution in [2.24, 2.45) is 0 Å². The fourth-order valence-corrected chi connectivity index (χ4v) is 14.3. The molecular weight excluding hydrogens is 1330 g/mol. The zero-order valence-corrected chi connectivity index (χ0v) is 58.5. The molecule has 1 N–H and O–H groups in total. The molecule has 0 bridgehead atoms. The van der Waals surface area contributed by atoms with E-state index in [1.807, 2.05) is 115 Å². The van der Waals surface area contributed by atoms with Gasteiger partial charge >= 0.3 is 0 Å². The normalized spacial score (nSPS) is 11.2. The SMILES string of the molecule is Clc1cc(-c2nc(-c3ccccc3)nc(-c3ccc(-c4ccccc4)cc3)n2)ccn1.c1ccc(-c2ccc(-c3nc(-c4ccccc4)nc(-c4ccnc(-n5c6cc(-c7ccccc7)ccc6c6c7ccccc7ccc65)c4)n3)cc2)cc1.c1ccc(-c2ccc3c(c2)[nH]c2ccc4ccccc4c23)cc1. The van der Waals surface area contributed by atoms with Crippen molar-refractivity contribution in [1.82, 2.24) is 49.4 Å². The third kappa shape index (κ3) is 13.3. The molecule has 0 saturated carbocycles. The van der Waals surface area contributed by atoms with E-state index < -0.39 is 0 Å². The van der Waals surface area contributed by atoms with Crippen molar-refractivity contribution in [3.8, 4) is 119 Å². The molecule has 0 aliphatic carbocycles. The molecule has 0 atom stereocenters. The van der Waals surface area contributed by atoms with E-state index in [2.05, 4.69) is 263 Å². The highest BCUT2D eigenvalue weighted by Gasteiger charge is 2.21. The van der Waals surface area contributed by atoms with E-state index in [4.69, 9.17) is 46.5 Å². The molecule has 0 radical (unpaired) electrons. The van der Waals surface area contributed by atoms with Gasteiger partial charge in [-0.1, -0.05) is 327 Å². The Labute approximate surface area is 622 Å². The standard InChI is InChI=1S/C48H31N5.C26H17ClN4.C22H15N/c1-4-12-32(13-5-1)34-20-22-37(23-21-34)47-50-46(36-17-8-3-9-18-36)51-48(52-47)39-28-29-49-44(31-39)53-42-27-25-35-16-10-11-19-40(35)45(42)41-26-24-38(30-43(41)53)33-14-6-2-7-15-33;27-23-17-22(15-16-28-23)26-30-24(20-9-5-2-6-10-20)29-25(31-26)21-13-11-19(12-14-21)18-7-3-1-4-8-18;1-2-6-15(7-3-1)17-10-12-19-21(14-17)23-20-13-11-16-8-4-5-9-18(16)22(19)20/h1-31H;1-17H;1-14,23H. The first kappa shape index (κ1) is 64.9. The monoisotopic (exact) mass is 1390 g/mol. The quantitative estimate of drug-likeness (QED) is 0.127. The zero-order chi connectivity index (χ0) is 71.4. The summed E-state index contributed by atoms with van der Waals surface area (Å²) in [6, 6.07) is 125. The Morgan fingerprint density at radius 3 is 1.07 bits per heavy atom. The van der Waals surface area contributed by atoms with Crippen LogP contribution in [0.1, 0.15) is 0 Å². The smallest absolute Gasteiger partial charge is 0.164 e. The van der Waals surface area contributed by atoms with Gasteiger partial charge in [0.05, 0.1) is 11.0 Å². The molecular formula is C96H63ClN10. The number of pyridine rings is 2. The third-order valence-corrected chi connectivity index (χ3v) is 19.6. The number of H-pyrrole nitrogens is 1. The number of rotatable bonds is 11. The molecule has 20 rings (SSSR count). The molecule has 0 saturated heterocycles. The molecule has 504 valence electrons. The lowest BCUT2D eigenvalue weighted by molar-refractivity contribution is 1.05. The van der Waals surface area contributed by atoms with Crippen molar-refractivity contribution in [2.75, 3.05) is 0 Å². The molecule has 14 aromatic carbocycles. The van der Waals surface area contributed by atoms with Gasteiger partial charge in [0.1, 0.15) is 11.0 Å². The number of aromatic amines is 1. The van der Waals surface area contributed by atoms with Crippen LogP contribution in [0, 0.1) is 0 Å². The Bertz CT molecular complexity index is 6600. The van der Waals surface area contributed by atoms with E-state index in [-0.39, 0.29) is 0 Å².